The van der Waals surface area contributed by atoms with Crippen LogP contribution in [-0.2, 0) is 6.61 Å². The minimum atomic E-state index is -0.387. The summed E-state index contributed by atoms with van der Waals surface area (Å²) in [7, 11) is 1.62. The summed E-state index contributed by atoms with van der Waals surface area (Å²) in [6.45, 7) is 0.665. The van der Waals surface area contributed by atoms with E-state index >= 15 is 0 Å². The van der Waals surface area contributed by atoms with E-state index in [0.29, 0.717) is 12.3 Å². The second-order valence-electron chi connectivity index (χ2n) is 6.45. The van der Waals surface area contributed by atoms with Gasteiger partial charge in [0.15, 0.2) is 12.3 Å². The summed E-state index contributed by atoms with van der Waals surface area (Å²) in [5.74, 6) is 0.801. The van der Waals surface area contributed by atoms with Gasteiger partial charge >= 0.3 is 0 Å². The van der Waals surface area contributed by atoms with Gasteiger partial charge in [-0.2, -0.15) is 0 Å². The number of halogens is 1. The normalized spacial score (nSPS) is 15.8. The van der Waals surface area contributed by atoms with E-state index in [-0.39, 0.29) is 36.0 Å². The lowest BCUT2D eigenvalue weighted by atomic mass is 9.94. The molecule has 0 N–H and O–H groups in total. The molecule has 0 bridgehead atoms. The Bertz CT molecular complexity index is 988. The Morgan fingerprint density at radius 3 is 2.82 bits per heavy atom. The topological polar surface area (TPSA) is 64.8 Å². The number of methoxy groups -OCH3 is 1. The highest BCUT2D eigenvalue weighted by Crippen LogP contribution is 2.35. The van der Waals surface area contributed by atoms with E-state index in [1.807, 2.05) is 24.3 Å². The van der Waals surface area contributed by atoms with Crippen LogP contribution in [0.15, 0.2) is 59.2 Å². The lowest BCUT2D eigenvalue weighted by molar-refractivity contribution is 0.0453. The molecule has 6 nitrogen and oxygen atoms in total. The SMILES string of the molecule is COc1cccc([C@@H]2CCN2C(=O)c2coc(COc3cccc(F)c3)n2)c1. The van der Waals surface area contributed by atoms with Crippen molar-refractivity contribution in [1.82, 2.24) is 9.88 Å². The maximum atomic E-state index is 13.2. The number of hydrogen-bond acceptors (Lipinski definition) is 5. The average Bonchev–Trinajstić information content (AvgIpc) is 3.15. The molecule has 1 atom stereocenters. The highest BCUT2D eigenvalue weighted by molar-refractivity contribution is 5.92. The second-order valence-corrected chi connectivity index (χ2v) is 6.45. The van der Waals surface area contributed by atoms with Gasteiger partial charge in [0.1, 0.15) is 23.6 Å². The fourth-order valence-electron chi connectivity index (χ4n) is 3.15. The van der Waals surface area contributed by atoms with E-state index in [0.717, 1.165) is 17.7 Å². The highest BCUT2D eigenvalue weighted by Gasteiger charge is 2.35. The van der Waals surface area contributed by atoms with Gasteiger partial charge in [-0.25, -0.2) is 9.37 Å². The van der Waals surface area contributed by atoms with Crippen LogP contribution in [0.2, 0.25) is 0 Å². The molecule has 7 heteroatoms. The third-order valence-electron chi connectivity index (χ3n) is 4.69. The zero-order valence-electron chi connectivity index (χ0n) is 15.3. The number of nitrogens with zero attached hydrogens (tertiary/aromatic N) is 2. The first-order valence-corrected chi connectivity index (χ1v) is 8.92. The van der Waals surface area contributed by atoms with Crippen molar-refractivity contribution < 1.29 is 23.1 Å². The van der Waals surface area contributed by atoms with E-state index in [1.54, 1.807) is 24.1 Å². The molecule has 4 rings (SSSR count). The average molecular weight is 382 g/mol. The molecule has 144 valence electrons. The molecule has 0 unspecified atom stereocenters. The molecule has 0 saturated carbocycles. The van der Waals surface area contributed by atoms with Crippen LogP contribution in [0.4, 0.5) is 4.39 Å². The summed E-state index contributed by atoms with van der Waals surface area (Å²) in [5, 5.41) is 0. The minimum Gasteiger partial charge on any atom is -0.497 e. The van der Waals surface area contributed by atoms with Crippen molar-refractivity contribution in [3.63, 3.8) is 0 Å². The van der Waals surface area contributed by atoms with Gasteiger partial charge < -0.3 is 18.8 Å². The smallest absolute Gasteiger partial charge is 0.276 e. The van der Waals surface area contributed by atoms with Crippen LogP contribution in [0, 0.1) is 5.82 Å². The van der Waals surface area contributed by atoms with Crippen molar-refractivity contribution in [2.24, 2.45) is 0 Å². The van der Waals surface area contributed by atoms with Crippen molar-refractivity contribution in [2.75, 3.05) is 13.7 Å². The first-order chi connectivity index (χ1) is 13.6. The number of benzene rings is 2. The molecule has 0 spiro atoms. The third-order valence-corrected chi connectivity index (χ3v) is 4.69. The molecule has 0 aliphatic carbocycles. The summed E-state index contributed by atoms with van der Waals surface area (Å²) in [4.78, 5) is 18.7. The van der Waals surface area contributed by atoms with Crippen molar-refractivity contribution in [2.45, 2.75) is 19.1 Å². The summed E-state index contributed by atoms with van der Waals surface area (Å²) in [6.07, 6.45) is 2.21. The maximum absolute atomic E-state index is 13.2. The quantitative estimate of drug-likeness (QED) is 0.645. The Morgan fingerprint density at radius 1 is 1.25 bits per heavy atom. The number of carbonyl (C=O) groups excluding carboxylic acids is 1. The van der Waals surface area contributed by atoms with Gasteiger partial charge in [0.2, 0.25) is 5.89 Å². The molecule has 1 aromatic heterocycles. The van der Waals surface area contributed by atoms with Crippen LogP contribution < -0.4 is 9.47 Å². The molecule has 1 aliphatic rings. The van der Waals surface area contributed by atoms with Gasteiger partial charge in [-0.1, -0.05) is 18.2 Å². The van der Waals surface area contributed by atoms with E-state index in [9.17, 15) is 9.18 Å². The molecule has 2 aromatic carbocycles. The van der Waals surface area contributed by atoms with Gasteiger partial charge in [0.25, 0.3) is 5.91 Å². The summed E-state index contributed by atoms with van der Waals surface area (Å²) in [6, 6.07) is 13.5. The first kappa shape index (κ1) is 18.0. The van der Waals surface area contributed by atoms with Gasteiger partial charge in [0.05, 0.1) is 13.2 Å². The van der Waals surface area contributed by atoms with Gasteiger partial charge in [0, 0.05) is 12.6 Å². The lowest BCUT2D eigenvalue weighted by Crippen LogP contribution is -2.45. The number of likely N-dealkylation sites (tertiary alicyclic amines) is 1. The number of amides is 1. The fourth-order valence-corrected chi connectivity index (χ4v) is 3.15. The molecule has 1 saturated heterocycles. The molecule has 1 fully saturated rings. The van der Waals surface area contributed by atoms with Crippen LogP contribution in [0.3, 0.4) is 0 Å². The van der Waals surface area contributed by atoms with Crippen molar-refractivity contribution in [1.29, 1.82) is 0 Å². The molecule has 28 heavy (non-hydrogen) atoms. The number of aromatic nitrogens is 1. The van der Waals surface area contributed by atoms with E-state index in [4.69, 9.17) is 13.9 Å². The first-order valence-electron chi connectivity index (χ1n) is 8.92. The number of carbonyl (C=O) groups is 1. The Morgan fingerprint density at radius 2 is 2.07 bits per heavy atom. The zero-order valence-corrected chi connectivity index (χ0v) is 15.3. The molecule has 3 aromatic rings. The van der Waals surface area contributed by atoms with E-state index < -0.39 is 0 Å². The molecular formula is C21H19FN2O4. The Balaban J connectivity index is 1.41. The second kappa shape index (κ2) is 7.72. The largest absolute Gasteiger partial charge is 0.497 e. The molecule has 2 heterocycles. The molecule has 1 amide bonds. The van der Waals surface area contributed by atoms with Crippen LogP contribution in [0.5, 0.6) is 11.5 Å². The Kier molecular flexibility index (Phi) is 4.97. The van der Waals surface area contributed by atoms with Crippen molar-refractivity contribution >= 4 is 5.91 Å². The molecule has 0 radical (unpaired) electrons. The van der Waals surface area contributed by atoms with Crippen LogP contribution in [0.1, 0.15) is 34.4 Å². The van der Waals surface area contributed by atoms with E-state index in [2.05, 4.69) is 4.98 Å². The zero-order chi connectivity index (χ0) is 19.5. The van der Waals surface area contributed by atoms with Gasteiger partial charge in [-0.15, -0.1) is 0 Å². The highest BCUT2D eigenvalue weighted by atomic mass is 19.1. The number of ether oxygens (including phenoxy) is 2. The fraction of sp³-hybridized carbons (Fsp3) is 0.238. The number of rotatable bonds is 6. The van der Waals surface area contributed by atoms with Crippen molar-refractivity contribution in [3.05, 3.63) is 77.8 Å². The predicted octanol–water partition coefficient (Wildman–Crippen LogP) is 3.99. The van der Waals surface area contributed by atoms with Gasteiger partial charge in [-0.3, -0.25) is 4.79 Å². The lowest BCUT2D eigenvalue weighted by Gasteiger charge is -2.41. The monoisotopic (exact) mass is 382 g/mol. The van der Waals surface area contributed by atoms with Gasteiger partial charge in [-0.05, 0) is 36.2 Å². The molecule has 1 aliphatic heterocycles. The summed E-state index contributed by atoms with van der Waals surface area (Å²) < 4.78 is 29.2. The minimum absolute atomic E-state index is 0.00806. The van der Waals surface area contributed by atoms with Crippen LogP contribution >= 0.6 is 0 Å². The Hall–Kier alpha value is -3.35. The molecular weight excluding hydrogens is 363 g/mol. The van der Waals surface area contributed by atoms with Crippen molar-refractivity contribution in [3.8, 4) is 11.5 Å². The predicted molar refractivity (Wildman–Crippen MR) is 98.6 cm³/mol. The third kappa shape index (κ3) is 3.69. The van der Waals surface area contributed by atoms with E-state index in [1.165, 1.54) is 18.4 Å². The van der Waals surface area contributed by atoms with Crippen LogP contribution in [0.25, 0.3) is 0 Å². The van der Waals surface area contributed by atoms with Crippen LogP contribution in [-0.4, -0.2) is 29.4 Å². The summed E-state index contributed by atoms with van der Waals surface area (Å²) in [5.41, 5.74) is 1.25. The standard InChI is InChI=1S/C21H19FN2O4/c1-26-16-6-2-4-14(10-16)19-8-9-24(19)21(25)18-12-28-20(23-18)13-27-17-7-3-5-15(22)11-17/h2-7,10-12,19H,8-9,13H2,1H3/t19-/m0/s1. The number of hydrogen-bond donors (Lipinski definition) is 0. The Labute approximate surface area is 161 Å². The summed E-state index contributed by atoms with van der Waals surface area (Å²) >= 11 is 0. The number of oxazole rings is 1. The maximum Gasteiger partial charge on any atom is 0.276 e.